The van der Waals surface area contributed by atoms with Crippen molar-refractivity contribution in [2.24, 2.45) is 0 Å². The summed E-state index contributed by atoms with van der Waals surface area (Å²) >= 11 is 0. The van der Waals surface area contributed by atoms with Crippen molar-refractivity contribution in [3.63, 3.8) is 0 Å². The topological polar surface area (TPSA) is 0 Å². The normalized spacial score (nSPS) is 12.6. The number of benzene rings is 11. The predicted octanol–water partition coefficient (Wildman–Crippen LogP) is 23.1. The molecule has 0 radical (unpaired) electrons. The Labute approximate surface area is 432 Å². The van der Waals surface area contributed by atoms with E-state index in [4.69, 9.17) is 0 Å². The van der Waals surface area contributed by atoms with Gasteiger partial charge in [0.1, 0.15) is 0 Å². The predicted molar refractivity (Wildman–Crippen MR) is 323 cm³/mol. The molecule has 0 aromatic heterocycles. The molecular weight excluding hydrogens is 865 g/mol. The van der Waals surface area contributed by atoms with Crippen molar-refractivity contribution < 1.29 is 0 Å². The Morgan fingerprint density at radius 1 is 0.181 bits per heavy atom. The van der Waals surface area contributed by atoms with Crippen LogP contribution in [0.25, 0.3) is 108 Å². The van der Waals surface area contributed by atoms with E-state index < -0.39 is 0 Å². The Bertz CT molecular complexity index is 3110. The molecule has 0 aliphatic heterocycles. The monoisotopic (exact) mass is 949 g/mol. The number of hydrogen-bond acceptors (Lipinski definition) is 0. The van der Waals surface area contributed by atoms with E-state index in [1.54, 1.807) is 0 Å². The van der Waals surface area contributed by atoms with Crippen molar-refractivity contribution in [1.29, 1.82) is 0 Å². The van der Waals surface area contributed by atoms with Gasteiger partial charge in [0.15, 0.2) is 0 Å². The molecule has 0 unspecified atom stereocenters. The largest absolute Gasteiger partial charge is 0.0654 e. The summed E-state index contributed by atoms with van der Waals surface area (Å²) in [6, 6.07) is 40.9. The van der Waals surface area contributed by atoms with Crippen LogP contribution < -0.4 is 0 Å². The van der Waals surface area contributed by atoms with E-state index in [1.165, 1.54) is 284 Å². The second kappa shape index (κ2) is 22.5. The molecule has 0 atom stereocenters. The van der Waals surface area contributed by atoms with E-state index in [-0.39, 0.29) is 0 Å². The number of rotatable bonds is 28. The highest BCUT2D eigenvalue weighted by Crippen LogP contribution is 2.56. The lowest BCUT2D eigenvalue weighted by molar-refractivity contribution is 0.607. The summed E-state index contributed by atoms with van der Waals surface area (Å²) in [4.78, 5) is 0. The summed E-state index contributed by atoms with van der Waals surface area (Å²) in [6.07, 6.45) is 36.6. The molecule has 0 spiro atoms. The Morgan fingerprint density at radius 3 is 0.611 bits per heavy atom. The van der Waals surface area contributed by atoms with Gasteiger partial charge >= 0.3 is 0 Å². The van der Waals surface area contributed by atoms with E-state index in [0.29, 0.717) is 0 Å². The molecule has 0 bridgehead atoms. The Balaban J connectivity index is 1.18. The van der Waals surface area contributed by atoms with E-state index >= 15 is 0 Å². The van der Waals surface area contributed by atoms with Gasteiger partial charge in [0.2, 0.25) is 0 Å². The van der Waals surface area contributed by atoms with Crippen LogP contribution in [0.4, 0.5) is 0 Å². The summed E-state index contributed by atoms with van der Waals surface area (Å²) in [5.41, 5.74) is 5.98. The minimum atomic E-state index is 1.15. The van der Waals surface area contributed by atoms with Crippen LogP contribution in [0.2, 0.25) is 0 Å². The highest BCUT2D eigenvalue weighted by molar-refractivity contribution is 6.55. The van der Waals surface area contributed by atoms with Gasteiger partial charge in [-0.3, -0.25) is 0 Å². The average molecular weight is 949 g/mol. The smallest absolute Gasteiger partial charge is 0.0000929 e. The van der Waals surface area contributed by atoms with E-state index in [1.807, 2.05) is 0 Å². The van der Waals surface area contributed by atoms with Crippen molar-refractivity contribution in [3.8, 4) is 0 Å². The molecule has 0 amide bonds. The second-order valence-corrected chi connectivity index (χ2v) is 22.9. The van der Waals surface area contributed by atoms with Gasteiger partial charge in [0.25, 0.3) is 0 Å². The Kier molecular flexibility index (Phi) is 15.3. The third-order valence-electron chi connectivity index (χ3n) is 17.8. The van der Waals surface area contributed by atoms with Gasteiger partial charge in [0, 0.05) is 0 Å². The van der Waals surface area contributed by atoms with Gasteiger partial charge in [-0.15, -0.1) is 0 Å². The lowest BCUT2D eigenvalue weighted by Gasteiger charge is -2.26. The zero-order valence-corrected chi connectivity index (χ0v) is 45.0. The zero-order chi connectivity index (χ0) is 49.0. The van der Waals surface area contributed by atoms with Crippen molar-refractivity contribution in [2.75, 3.05) is 0 Å². The summed E-state index contributed by atoms with van der Waals surface area (Å²) in [5, 5.41) is 29.2. The molecule has 72 heavy (non-hydrogen) atoms. The summed E-state index contributed by atoms with van der Waals surface area (Å²) in [6.45, 7) is 9.30. The summed E-state index contributed by atoms with van der Waals surface area (Å²) in [5.74, 6) is 0. The first-order valence-corrected chi connectivity index (χ1v) is 30.0. The first kappa shape index (κ1) is 49.0. The van der Waals surface area contributed by atoms with E-state index in [2.05, 4.69) is 125 Å². The van der Waals surface area contributed by atoms with Crippen LogP contribution in [0.3, 0.4) is 0 Å². The van der Waals surface area contributed by atoms with Crippen LogP contribution in [-0.4, -0.2) is 0 Å². The SMILES string of the molecule is CCCCCCCCc1ccc2c(c1)c1ccc3c4cc(CCCCCCCC)ccc4c4c5ccc(CCCCCCCC)cc5c5ccc6c7cc(CCCCCCCC)ccc7c2c2c1c3c4c5c62. The maximum absolute atomic E-state index is 2.63. The van der Waals surface area contributed by atoms with Gasteiger partial charge < -0.3 is 0 Å². The Hall–Kier alpha value is -5.20. The lowest BCUT2D eigenvalue weighted by Crippen LogP contribution is -1.98. The minimum Gasteiger partial charge on any atom is -0.0654 e. The standard InChI is InChI=1S/C72H84/c1-5-9-13-17-21-25-29-49-33-37-53-61(45-49)57-41-42-58-63-47-51(31-27-23-19-15-11-7-3)35-39-55(63)66-56-40-36-52(32-28-24-20-16-12-8-4)48-64(56)60-44-43-59-62-46-50(30-26-22-18-14-10-6-2)34-38-54(62)65(53)71-67(57)68(58)72(66)70(60)69(59)71/h33-48H,5-32H2,1-4H3. The molecule has 11 rings (SSSR count). The van der Waals surface area contributed by atoms with Gasteiger partial charge in [0.05, 0.1) is 0 Å². The molecule has 0 aliphatic carbocycles. The third-order valence-corrected chi connectivity index (χ3v) is 17.8. The molecule has 0 fully saturated rings. The number of fused-ring (bicyclic) bond motifs is 12. The molecule has 11 aromatic rings. The number of unbranched alkanes of at least 4 members (excludes halogenated alkanes) is 20. The molecule has 0 aliphatic rings. The van der Waals surface area contributed by atoms with E-state index in [9.17, 15) is 0 Å². The van der Waals surface area contributed by atoms with Crippen LogP contribution in [0.15, 0.2) is 97.1 Å². The molecule has 0 N–H and O–H groups in total. The van der Waals surface area contributed by atoms with Gasteiger partial charge in [-0.25, -0.2) is 0 Å². The van der Waals surface area contributed by atoms with Crippen LogP contribution in [0, 0.1) is 0 Å². The minimum absolute atomic E-state index is 1.15. The fourth-order valence-corrected chi connectivity index (χ4v) is 13.9. The van der Waals surface area contributed by atoms with Gasteiger partial charge in [-0.05, 0) is 181 Å². The molecule has 0 heteroatoms. The van der Waals surface area contributed by atoms with Crippen LogP contribution in [0.5, 0.6) is 0 Å². The van der Waals surface area contributed by atoms with Crippen molar-refractivity contribution in [1.82, 2.24) is 0 Å². The Morgan fingerprint density at radius 2 is 0.375 bits per heavy atom. The number of hydrogen-bond donors (Lipinski definition) is 0. The maximum Gasteiger partial charge on any atom is -0.0000929 e. The highest BCUT2D eigenvalue weighted by Gasteiger charge is 2.28. The molecule has 11 aromatic carbocycles. The zero-order valence-electron chi connectivity index (χ0n) is 45.0. The van der Waals surface area contributed by atoms with Crippen molar-refractivity contribution in [3.05, 3.63) is 119 Å². The summed E-state index contributed by atoms with van der Waals surface area (Å²) < 4.78 is 0. The quantitative estimate of drug-likeness (QED) is 0.0261. The van der Waals surface area contributed by atoms with Crippen LogP contribution >= 0.6 is 0 Å². The lowest BCUT2D eigenvalue weighted by atomic mass is 9.76. The molecule has 0 saturated heterocycles. The second-order valence-electron chi connectivity index (χ2n) is 22.9. The van der Waals surface area contributed by atoms with Gasteiger partial charge in [-0.2, -0.15) is 0 Å². The average Bonchev–Trinajstić information content (AvgIpc) is 3.41. The molecule has 0 nitrogen and oxygen atoms in total. The first-order chi connectivity index (χ1) is 35.6. The molecule has 0 saturated carbocycles. The maximum atomic E-state index is 2.63. The molecule has 0 heterocycles. The van der Waals surface area contributed by atoms with Crippen molar-refractivity contribution in [2.45, 2.75) is 207 Å². The first-order valence-electron chi connectivity index (χ1n) is 30.0. The van der Waals surface area contributed by atoms with E-state index in [0.717, 1.165) is 25.7 Å². The molecule has 372 valence electrons. The molecular formula is C72H84. The fourth-order valence-electron chi connectivity index (χ4n) is 13.9. The third kappa shape index (κ3) is 9.26. The highest BCUT2D eigenvalue weighted by atomic mass is 14.3. The van der Waals surface area contributed by atoms with Crippen LogP contribution in [0.1, 0.15) is 204 Å². The summed E-state index contributed by atoms with van der Waals surface area (Å²) in [7, 11) is 0. The van der Waals surface area contributed by atoms with Crippen LogP contribution in [-0.2, 0) is 25.7 Å². The van der Waals surface area contributed by atoms with Crippen molar-refractivity contribution >= 4 is 108 Å². The number of aryl methyl sites for hydroxylation is 4. The van der Waals surface area contributed by atoms with Gasteiger partial charge in [-0.1, -0.05) is 253 Å². The fraction of sp³-hybridized carbons (Fsp3) is 0.444.